The molecule has 0 saturated heterocycles. The summed E-state index contributed by atoms with van der Waals surface area (Å²) in [5.41, 5.74) is 0.492. The highest BCUT2D eigenvalue weighted by atomic mass is 79.9. The SMILES string of the molecule is CCCC(O)(CC)Cc1cc(OC)ccc1Br. The van der Waals surface area contributed by atoms with Gasteiger partial charge in [-0.2, -0.15) is 0 Å². The van der Waals surface area contributed by atoms with Crippen LogP contribution in [0.15, 0.2) is 22.7 Å². The molecule has 1 aromatic carbocycles. The first-order valence-corrected chi connectivity index (χ1v) is 6.88. The van der Waals surface area contributed by atoms with E-state index in [1.807, 2.05) is 25.1 Å². The Morgan fingerprint density at radius 3 is 2.59 bits per heavy atom. The van der Waals surface area contributed by atoms with Crippen LogP contribution in [0.5, 0.6) is 5.75 Å². The molecule has 0 heterocycles. The van der Waals surface area contributed by atoms with Crippen molar-refractivity contribution < 1.29 is 9.84 Å². The van der Waals surface area contributed by atoms with Gasteiger partial charge in [0.25, 0.3) is 0 Å². The summed E-state index contributed by atoms with van der Waals surface area (Å²) in [4.78, 5) is 0. The molecule has 3 heteroatoms. The number of ether oxygens (including phenoxy) is 1. The molecule has 1 atom stereocenters. The second-order valence-electron chi connectivity index (χ2n) is 4.46. The van der Waals surface area contributed by atoms with E-state index < -0.39 is 5.60 Å². The average Bonchev–Trinajstić information content (AvgIpc) is 2.32. The van der Waals surface area contributed by atoms with Crippen molar-refractivity contribution in [1.29, 1.82) is 0 Å². The molecule has 0 aliphatic heterocycles. The van der Waals surface area contributed by atoms with Crippen LogP contribution in [0, 0.1) is 0 Å². The van der Waals surface area contributed by atoms with Gasteiger partial charge in [-0.3, -0.25) is 0 Å². The maximum atomic E-state index is 10.5. The molecular weight excluding hydrogens is 280 g/mol. The zero-order chi connectivity index (χ0) is 12.9. The Hall–Kier alpha value is -0.540. The Kier molecular flexibility index (Phi) is 5.47. The summed E-state index contributed by atoms with van der Waals surface area (Å²) in [6.07, 6.45) is 3.25. The maximum Gasteiger partial charge on any atom is 0.119 e. The Balaban J connectivity index is 2.92. The number of halogens is 1. The molecule has 0 saturated carbocycles. The zero-order valence-electron chi connectivity index (χ0n) is 10.8. The first kappa shape index (κ1) is 14.5. The highest BCUT2D eigenvalue weighted by Crippen LogP contribution is 2.29. The molecule has 17 heavy (non-hydrogen) atoms. The molecule has 1 rings (SSSR count). The van der Waals surface area contributed by atoms with Crippen molar-refractivity contribution in [2.45, 2.75) is 45.1 Å². The lowest BCUT2D eigenvalue weighted by Crippen LogP contribution is -2.30. The van der Waals surface area contributed by atoms with E-state index in [1.54, 1.807) is 7.11 Å². The molecule has 96 valence electrons. The van der Waals surface area contributed by atoms with Crippen LogP contribution >= 0.6 is 15.9 Å². The van der Waals surface area contributed by atoms with Crippen molar-refractivity contribution in [2.75, 3.05) is 7.11 Å². The average molecular weight is 301 g/mol. The van der Waals surface area contributed by atoms with Gasteiger partial charge in [-0.25, -0.2) is 0 Å². The van der Waals surface area contributed by atoms with Gasteiger partial charge in [-0.15, -0.1) is 0 Å². The minimum Gasteiger partial charge on any atom is -0.497 e. The van der Waals surface area contributed by atoms with Gasteiger partial charge in [-0.05, 0) is 36.6 Å². The molecule has 0 spiro atoms. The van der Waals surface area contributed by atoms with E-state index in [4.69, 9.17) is 4.74 Å². The summed E-state index contributed by atoms with van der Waals surface area (Å²) in [7, 11) is 1.66. The van der Waals surface area contributed by atoms with E-state index >= 15 is 0 Å². The number of hydrogen-bond acceptors (Lipinski definition) is 2. The van der Waals surface area contributed by atoms with Crippen LogP contribution in [0.2, 0.25) is 0 Å². The molecular formula is C14H21BrO2. The van der Waals surface area contributed by atoms with Gasteiger partial charge in [0.05, 0.1) is 12.7 Å². The first-order chi connectivity index (χ1) is 8.04. The fraction of sp³-hybridized carbons (Fsp3) is 0.571. The summed E-state index contributed by atoms with van der Waals surface area (Å²) < 4.78 is 6.24. The standard InChI is InChI=1S/C14H21BrO2/c1-4-8-14(16,5-2)10-11-9-12(17-3)6-7-13(11)15/h6-7,9,16H,4-5,8,10H2,1-3H3. The Morgan fingerprint density at radius 1 is 1.35 bits per heavy atom. The van der Waals surface area contributed by atoms with E-state index in [-0.39, 0.29) is 0 Å². The van der Waals surface area contributed by atoms with Crippen molar-refractivity contribution >= 4 is 15.9 Å². The number of aliphatic hydroxyl groups is 1. The largest absolute Gasteiger partial charge is 0.497 e. The fourth-order valence-corrected chi connectivity index (χ4v) is 2.41. The van der Waals surface area contributed by atoms with Crippen molar-refractivity contribution in [1.82, 2.24) is 0 Å². The highest BCUT2D eigenvalue weighted by Gasteiger charge is 2.25. The third-order valence-corrected chi connectivity index (χ3v) is 3.92. The molecule has 0 aliphatic rings. The second kappa shape index (κ2) is 6.41. The minimum atomic E-state index is -0.608. The third-order valence-electron chi connectivity index (χ3n) is 3.15. The van der Waals surface area contributed by atoms with E-state index in [9.17, 15) is 5.11 Å². The van der Waals surface area contributed by atoms with Crippen LogP contribution in [0.4, 0.5) is 0 Å². The van der Waals surface area contributed by atoms with Gasteiger partial charge in [0.15, 0.2) is 0 Å². The smallest absolute Gasteiger partial charge is 0.119 e. The zero-order valence-corrected chi connectivity index (χ0v) is 12.4. The van der Waals surface area contributed by atoms with Gasteiger partial charge >= 0.3 is 0 Å². The molecule has 1 unspecified atom stereocenters. The van der Waals surface area contributed by atoms with Gasteiger partial charge in [0.2, 0.25) is 0 Å². The Labute approximate surface area is 112 Å². The van der Waals surface area contributed by atoms with Crippen LogP contribution in [0.25, 0.3) is 0 Å². The van der Waals surface area contributed by atoms with Crippen molar-refractivity contribution in [3.05, 3.63) is 28.2 Å². The monoisotopic (exact) mass is 300 g/mol. The fourth-order valence-electron chi connectivity index (χ4n) is 2.02. The van der Waals surface area contributed by atoms with Crippen LogP contribution < -0.4 is 4.74 Å². The molecule has 0 aliphatic carbocycles. The summed E-state index contributed by atoms with van der Waals surface area (Å²) in [6.45, 7) is 4.13. The number of benzene rings is 1. The quantitative estimate of drug-likeness (QED) is 0.862. The van der Waals surface area contributed by atoms with Crippen LogP contribution in [-0.4, -0.2) is 17.8 Å². The van der Waals surface area contributed by atoms with E-state index in [0.29, 0.717) is 6.42 Å². The van der Waals surface area contributed by atoms with Crippen LogP contribution in [0.3, 0.4) is 0 Å². The van der Waals surface area contributed by atoms with Gasteiger partial charge in [0, 0.05) is 10.9 Å². The van der Waals surface area contributed by atoms with E-state index in [1.165, 1.54) is 0 Å². The molecule has 0 bridgehead atoms. The normalized spacial score (nSPS) is 14.4. The maximum absolute atomic E-state index is 10.5. The third kappa shape index (κ3) is 4.00. The summed E-state index contributed by atoms with van der Waals surface area (Å²) in [5.74, 6) is 0.832. The van der Waals surface area contributed by atoms with Crippen molar-refractivity contribution in [2.24, 2.45) is 0 Å². The molecule has 0 fully saturated rings. The Morgan fingerprint density at radius 2 is 2.06 bits per heavy atom. The molecule has 0 amide bonds. The molecule has 2 nitrogen and oxygen atoms in total. The lowest BCUT2D eigenvalue weighted by atomic mass is 9.88. The summed E-state index contributed by atoms with van der Waals surface area (Å²) >= 11 is 3.53. The molecule has 1 N–H and O–H groups in total. The predicted molar refractivity (Wildman–Crippen MR) is 74.5 cm³/mol. The predicted octanol–water partition coefficient (Wildman–Crippen LogP) is 3.94. The van der Waals surface area contributed by atoms with Crippen molar-refractivity contribution in [3.63, 3.8) is 0 Å². The number of methoxy groups -OCH3 is 1. The Bertz CT molecular complexity index is 365. The van der Waals surface area contributed by atoms with Gasteiger partial charge in [0.1, 0.15) is 5.75 Å². The molecule has 0 aromatic heterocycles. The van der Waals surface area contributed by atoms with Gasteiger partial charge < -0.3 is 9.84 Å². The topological polar surface area (TPSA) is 29.5 Å². The van der Waals surface area contributed by atoms with Crippen molar-refractivity contribution in [3.8, 4) is 5.75 Å². The van der Waals surface area contributed by atoms with Crippen LogP contribution in [0.1, 0.15) is 38.7 Å². The van der Waals surface area contributed by atoms with E-state index in [2.05, 4.69) is 22.9 Å². The first-order valence-electron chi connectivity index (χ1n) is 6.09. The van der Waals surface area contributed by atoms with Crippen LogP contribution in [-0.2, 0) is 6.42 Å². The molecule has 1 aromatic rings. The van der Waals surface area contributed by atoms with E-state index in [0.717, 1.165) is 35.0 Å². The summed E-state index contributed by atoms with van der Waals surface area (Å²) in [6, 6.07) is 5.87. The molecule has 0 radical (unpaired) electrons. The minimum absolute atomic E-state index is 0.608. The lowest BCUT2D eigenvalue weighted by Gasteiger charge is -2.27. The summed E-state index contributed by atoms with van der Waals surface area (Å²) in [5, 5.41) is 10.5. The lowest BCUT2D eigenvalue weighted by molar-refractivity contribution is 0.0269. The second-order valence-corrected chi connectivity index (χ2v) is 5.32. The highest BCUT2D eigenvalue weighted by molar-refractivity contribution is 9.10. The number of hydrogen-bond donors (Lipinski definition) is 1. The number of rotatable bonds is 6. The van der Waals surface area contributed by atoms with Gasteiger partial charge in [-0.1, -0.05) is 36.2 Å².